The Morgan fingerprint density at radius 3 is 2.78 bits per heavy atom. The molecule has 2 aliphatic rings. The number of carbonyl (C=O) groups is 1. The summed E-state index contributed by atoms with van der Waals surface area (Å²) in [5, 5.41) is 0. The van der Waals surface area contributed by atoms with E-state index in [-0.39, 0.29) is 0 Å². The summed E-state index contributed by atoms with van der Waals surface area (Å²) < 4.78 is 0. The Bertz CT molecular complexity index is 151. The van der Waals surface area contributed by atoms with Gasteiger partial charge in [0.05, 0.1) is 0 Å². The minimum Gasteiger partial charge on any atom is -0.330 e. The van der Waals surface area contributed by atoms with Crippen molar-refractivity contribution in [3.63, 3.8) is 0 Å². The largest absolute Gasteiger partial charge is 0.330 e. The number of hydrogen-bond acceptors (Lipinski definition) is 2. The van der Waals surface area contributed by atoms with Crippen molar-refractivity contribution in [1.29, 1.82) is 0 Å². The Labute approximate surface area is 54.4 Å². The fourth-order valence-electron chi connectivity index (χ4n) is 2.11. The number of fused-ring (bicyclic) bond motifs is 1. The highest BCUT2D eigenvalue weighted by atomic mass is 16.1. The van der Waals surface area contributed by atoms with E-state index in [1.807, 2.05) is 0 Å². The molecule has 0 saturated heterocycles. The molecule has 0 amide bonds. The van der Waals surface area contributed by atoms with Gasteiger partial charge in [0.25, 0.3) is 0 Å². The average molecular weight is 125 g/mol. The predicted octanol–water partition coefficient (Wildman–Crippen LogP) is 0.170. The molecule has 9 heavy (non-hydrogen) atoms. The van der Waals surface area contributed by atoms with Crippen LogP contribution in [0, 0.1) is 17.8 Å². The van der Waals surface area contributed by atoms with Crippen LogP contribution in [-0.2, 0) is 4.79 Å². The first-order valence-corrected chi connectivity index (χ1v) is 3.57. The quantitative estimate of drug-likeness (QED) is 0.543. The topological polar surface area (TPSA) is 43.1 Å². The zero-order chi connectivity index (χ0) is 6.43. The molecule has 2 fully saturated rings. The molecule has 0 radical (unpaired) electrons. The Balaban J connectivity index is 2.06. The number of Topliss-reactive ketones (excluding diaryl/α,β-unsaturated/α-hetero) is 1. The van der Waals surface area contributed by atoms with Crippen LogP contribution >= 0.6 is 0 Å². The molecule has 0 aromatic carbocycles. The van der Waals surface area contributed by atoms with E-state index >= 15 is 0 Å². The Morgan fingerprint density at radius 2 is 2.44 bits per heavy atom. The Kier molecular flexibility index (Phi) is 0.943. The molecule has 2 rings (SSSR count). The minimum absolute atomic E-state index is 0.398. The second-order valence-electron chi connectivity index (χ2n) is 3.09. The summed E-state index contributed by atoms with van der Waals surface area (Å²) in [6, 6.07) is 0. The number of ketones is 1. The third-order valence-electron chi connectivity index (χ3n) is 2.70. The van der Waals surface area contributed by atoms with Crippen molar-refractivity contribution < 1.29 is 4.79 Å². The summed E-state index contributed by atoms with van der Waals surface area (Å²) in [5.74, 6) is 2.14. The van der Waals surface area contributed by atoms with Gasteiger partial charge in [-0.05, 0) is 24.8 Å². The van der Waals surface area contributed by atoms with Gasteiger partial charge in [-0.1, -0.05) is 0 Å². The second-order valence-corrected chi connectivity index (χ2v) is 3.09. The molecule has 2 saturated carbocycles. The van der Waals surface area contributed by atoms with Crippen molar-refractivity contribution in [1.82, 2.24) is 0 Å². The lowest BCUT2D eigenvalue weighted by atomic mass is 10.1. The SMILES string of the molecule is NC[C@@H]1[C@H]2CCC(=O)[C@@H]12. The molecule has 0 aliphatic heterocycles. The van der Waals surface area contributed by atoms with Crippen LogP contribution in [-0.4, -0.2) is 12.3 Å². The van der Waals surface area contributed by atoms with E-state index in [1.54, 1.807) is 0 Å². The molecule has 0 unspecified atom stereocenters. The average Bonchev–Trinajstić information content (AvgIpc) is 2.46. The zero-order valence-corrected chi connectivity index (χ0v) is 5.34. The summed E-state index contributed by atoms with van der Waals surface area (Å²) in [7, 11) is 0. The standard InChI is InChI=1S/C7H11NO/c8-3-5-4-1-2-6(9)7(4)5/h4-5,7H,1-3,8H2/t4-,5-,7-/m1/s1. The molecule has 2 heteroatoms. The minimum atomic E-state index is 0.398. The maximum Gasteiger partial charge on any atom is 0.136 e. The Morgan fingerprint density at radius 1 is 1.67 bits per heavy atom. The van der Waals surface area contributed by atoms with Crippen LogP contribution in [0.2, 0.25) is 0 Å². The molecule has 0 spiro atoms. The molecule has 2 aliphatic carbocycles. The van der Waals surface area contributed by atoms with Gasteiger partial charge in [0.1, 0.15) is 5.78 Å². The third kappa shape index (κ3) is 0.568. The van der Waals surface area contributed by atoms with Crippen LogP contribution in [0.3, 0.4) is 0 Å². The number of carbonyl (C=O) groups excluding carboxylic acids is 1. The van der Waals surface area contributed by atoms with Crippen LogP contribution in [0.5, 0.6) is 0 Å². The van der Waals surface area contributed by atoms with Crippen LogP contribution in [0.4, 0.5) is 0 Å². The summed E-state index contributed by atoms with van der Waals surface area (Å²) in [5.41, 5.74) is 5.43. The van der Waals surface area contributed by atoms with Crippen LogP contribution < -0.4 is 5.73 Å². The summed E-state index contributed by atoms with van der Waals surface area (Å²) in [4.78, 5) is 10.9. The first kappa shape index (κ1) is 5.42. The van der Waals surface area contributed by atoms with E-state index in [9.17, 15) is 4.79 Å². The maximum absolute atomic E-state index is 10.9. The van der Waals surface area contributed by atoms with Gasteiger partial charge in [-0.2, -0.15) is 0 Å². The van der Waals surface area contributed by atoms with Gasteiger partial charge < -0.3 is 5.73 Å². The van der Waals surface area contributed by atoms with E-state index in [2.05, 4.69) is 0 Å². The zero-order valence-electron chi connectivity index (χ0n) is 5.34. The van der Waals surface area contributed by atoms with Gasteiger partial charge in [0.15, 0.2) is 0 Å². The lowest BCUT2D eigenvalue weighted by molar-refractivity contribution is -0.119. The third-order valence-corrected chi connectivity index (χ3v) is 2.70. The van der Waals surface area contributed by atoms with E-state index in [4.69, 9.17) is 5.73 Å². The van der Waals surface area contributed by atoms with Gasteiger partial charge in [-0.25, -0.2) is 0 Å². The highest BCUT2D eigenvalue weighted by Gasteiger charge is 2.56. The number of hydrogen-bond donors (Lipinski definition) is 1. The lowest BCUT2D eigenvalue weighted by Gasteiger charge is -1.94. The summed E-state index contributed by atoms with van der Waals surface area (Å²) in [6.45, 7) is 0.723. The second kappa shape index (κ2) is 1.57. The Hall–Kier alpha value is -0.370. The molecule has 2 N–H and O–H groups in total. The molecule has 0 heterocycles. The van der Waals surface area contributed by atoms with Gasteiger partial charge in [-0.3, -0.25) is 4.79 Å². The van der Waals surface area contributed by atoms with Crippen molar-refractivity contribution in [2.24, 2.45) is 23.5 Å². The molecule has 50 valence electrons. The van der Waals surface area contributed by atoms with E-state index in [0.717, 1.165) is 19.4 Å². The highest BCUT2D eigenvalue weighted by molar-refractivity contribution is 5.87. The highest BCUT2D eigenvalue weighted by Crippen LogP contribution is 2.54. The van der Waals surface area contributed by atoms with Crippen LogP contribution in [0.25, 0.3) is 0 Å². The van der Waals surface area contributed by atoms with E-state index in [1.165, 1.54) is 0 Å². The van der Waals surface area contributed by atoms with Gasteiger partial charge in [0.2, 0.25) is 0 Å². The first-order valence-electron chi connectivity index (χ1n) is 3.57. The molecule has 0 aromatic heterocycles. The van der Waals surface area contributed by atoms with Gasteiger partial charge >= 0.3 is 0 Å². The maximum atomic E-state index is 10.9. The molecule has 3 atom stereocenters. The summed E-state index contributed by atoms with van der Waals surface area (Å²) >= 11 is 0. The van der Waals surface area contributed by atoms with Crippen molar-refractivity contribution >= 4 is 5.78 Å². The fraction of sp³-hybridized carbons (Fsp3) is 0.857. The molecular weight excluding hydrogens is 114 g/mol. The van der Waals surface area contributed by atoms with Crippen molar-refractivity contribution in [2.75, 3.05) is 6.54 Å². The fourth-order valence-corrected chi connectivity index (χ4v) is 2.11. The van der Waals surface area contributed by atoms with Crippen molar-refractivity contribution in [3.8, 4) is 0 Å². The molecule has 0 bridgehead atoms. The molecule has 2 nitrogen and oxygen atoms in total. The van der Waals surface area contributed by atoms with Crippen molar-refractivity contribution in [3.05, 3.63) is 0 Å². The first-order chi connectivity index (χ1) is 4.34. The number of nitrogens with two attached hydrogens (primary N) is 1. The van der Waals surface area contributed by atoms with Gasteiger partial charge in [-0.15, -0.1) is 0 Å². The molecular formula is C7H11NO. The molecule has 0 aromatic rings. The van der Waals surface area contributed by atoms with E-state index < -0.39 is 0 Å². The van der Waals surface area contributed by atoms with Gasteiger partial charge in [0, 0.05) is 12.3 Å². The van der Waals surface area contributed by atoms with E-state index in [0.29, 0.717) is 23.5 Å². The number of rotatable bonds is 1. The normalized spacial score (nSPS) is 47.2. The van der Waals surface area contributed by atoms with Crippen molar-refractivity contribution in [2.45, 2.75) is 12.8 Å². The monoisotopic (exact) mass is 125 g/mol. The smallest absolute Gasteiger partial charge is 0.136 e. The lowest BCUT2D eigenvalue weighted by Crippen LogP contribution is -2.09. The summed E-state index contributed by atoms with van der Waals surface area (Å²) in [6.07, 6.45) is 1.94. The van der Waals surface area contributed by atoms with Crippen LogP contribution in [0.15, 0.2) is 0 Å². The predicted molar refractivity (Wildman–Crippen MR) is 33.8 cm³/mol. The van der Waals surface area contributed by atoms with Crippen LogP contribution in [0.1, 0.15) is 12.8 Å².